The van der Waals surface area contributed by atoms with Gasteiger partial charge in [-0.25, -0.2) is 17.5 Å². The monoisotopic (exact) mass is 484 g/mol. The Hall–Kier alpha value is -2.13. The molecule has 0 bridgehead atoms. The van der Waals surface area contributed by atoms with E-state index < -0.39 is 16.0 Å². The predicted molar refractivity (Wildman–Crippen MR) is 120 cm³/mol. The second-order valence-electron chi connectivity index (χ2n) is 7.19. The Labute approximate surface area is 191 Å². The number of anilines is 1. The normalized spacial score (nSPS) is 15.5. The Morgan fingerprint density at radius 1 is 1.06 bits per heavy atom. The van der Waals surface area contributed by atoms with Crippen LogP contribution in [0.4, 0.5) is 5.69 Å². The molecule has 31 heavy (non-hydrogen) atoms. The Morgan fingerprint density at radius 3 is 2.19 bits per heavy atom. The summed E-state index contributed by atoms with van der Waals surface area (Å²) in [7, 11) is -2.32. The molecule has 1 aliphatic heterocycles. The highest BCUT2D eigenvalue weighted by molar-refractivity contribution is 7.88. The van der Waals surface area contributed by atoms with Crippen molar-refractivity contribution in [3.05, 3.63) is 63.6 Å². The Morgan fingerprint density at radius 2 is 1.65 bits per heavy atom. The fraction of sp³-hybridized carbons (Fsp3) is 0.333. The molecule has 0 atom stereocenters. The molecule has 0 radical (unpaired) electrons. The molecular weight excluding hydrogens is 463 g/mol. The fourth-order valence-electron chi connectivity index (χ4n) is 3.39. The third kappa shape index (κ3) is 5.77. The van der Waals surface area contributed by atoms with Crippen LogP contribution in [0.2, 0.25) is 10.0 Å². The molecule has 2 aromatic rings. The maximum atomic E-state index is 12.8. The zero-order chi connectivity index (χ0) is 22.6. The lowest BCUT2D eigenvalue weighted by molar-refractivity contribution is -0.120. The molecule has 1 aliphatic rings. The van der Waals surface area contributed by atoms with Gasteiger partial charge < -0.3 is 10.1 Å². The Kier molecular flexibility index (Phi) is 7.59. The van der Waals surface area contributed by atoms with Gasteiger partial charge in [0.2, 0.25) is 15.9 Å². The number of nitrogens with zero attached hydrogens (tertiary/aromatic N) is 1. The molecule has 0 aliphatic carbocycles. The van der Waals surface area contributed by atoms with E-state index in [2.05, 4.69) is 10.1 Å². The van der Waals surface area contributed by atoms with Crippen LogP contribution in [0.1, 0.15) is 28.8 Å². The van der Waals surface area contributed by atoms with Crippen molar-refractivity contribution in [3.63, 3.8) is 0 Å². The van der Waals surface area contributed by atoms with Crippen LogP contribution >= 0.6 is 23.2 Å². The zero-order valence-electron chi connectivity index (χ0n) is 16.8. The van der Waals surface area contributed by atoms with Crippen LogP contribution in [0.15, 0.2) is 42.5 Å². The van der Waals surface area contributed by atoms with Crippen LogP contribution in [0.3, 0.4) is 0 Å². The van der Waals surface area contributed by atoms with Crippen LogP contribution < -0.4 is 5.32 Å². The number of methoxy groups -OCH3 is 1. The predicted octanol–water partition coefficient (Wildman–Crippen LogP) is 3.96. The number of hydrogen-bond acceptors (Lipinski definition) is 5. The van der Waals surface area contributed by atoms with Crippen molar-refractivity contribution in [1.82, 2.24) is 4.31 Å². The lowest BCUT2D eigenvalue weighted by Gasteiger charge is -2.30. The summed E-state index contributed by atoms with van der Waals surface area (Å²) in [6, 6.07) is 11.2. The smallest absolute Gasteiger partial charge is 0.337 e. The van der Waals surface area contributed by atoms with Gasteiger partial charge in [0.1, 0.15) is 0 Å². The molecule has 1 saturated heterocycles. The first-order chi connectivity index (χ1) is 14.7. The fourth-order valence-corrected chi connectivity index (χ4v) is 5.71. The summed E-state index contributed by atoms with van der Waals surface area (Å²) in [5.74, 6) is -1.23. The van der Waals surface area contributed by atoms with Crippen molar-refractivity contribution in [2.45, 2.75) is 18.6 Å². The first-order valence-corrected chi connectivity index (χ1v) is 12.0. The third-order valence-electron chi connectivity index (χ3n) is 5.18. The number of ether oxygens (including phenoxy) is 1. The average Bonchev–Trinajstić information content (AvgIpc) is 2.76. The van der Waals surface area contributed by atoms with Crippen LogP contribution in [-0.2, 0) is 25.3 Å². The topological polar surface area (TPSA) is 92.8 Å². The number of halogens is 2. The summed E-state index contributed by atoms with van der Waals surface area (Å²) < 4.78 is 31.6. The maximum Gasteiger partial charge on any atom is 0.337 e. The van der Waals surface area contributed by atoms with E-state index in [9.17, 15) is 18.0 Å². The molecule has 10 heteroatoms. The molecule has 1 fully saturated rings. The van der Waals surface area contributed by atoms with Crippen LogP contribution in [0, 0.1) is 5.92 Å². The van der Waals surface area contributed by atoms with Crippen LogP contribution in [0.25, 0.3) is 0 Å². The number of amides is 1. The largest absolute Gasteiger partial charge is 0.465 e. The quantitative estimate of drug-likeness (QED) is 0.626. The van der Waals surface area contributed by atoms with Gasteiger partial charge in [-0.2, -0.15) is 0 Å². The summed E-state index contributed by atoms with van der Waals surface area (Å²) >= 11 is 12.2. The van der Waals surface area contributed by atoms with Gasteiger partial charge in [-0.05, 0) is 49.2 Å². The number of sulfonamides is 1. The van der Waals surface area contributed by atoms with E-state index in [1.807, 2.05) is 0 Å². The van der Waals surface area contributed by atoms with E-state index in [4.69, 9.17) is 23.2 Å². The first-order valence-electron chi connectivity index (χ1n) is 9.61. The lowest BCUT2D eigenvalue weighted by atomic mass is 9.97. The zero-order valence-corrected chi connectivity index (χ0v) is 19.1. The van der Waals surface area contributed by atoms with Gasteiger partial charge in [-0.1, -0.05) is 29.3 Å². The molecule has 7 nitrogen and oxygen atoms in total. The van der Waals surface area contributed by atoms with Crippen molar-refractivity contribution in [2.75, 3.05) is 25.5 Å². The van der Waals surface area contributed by atoms with Crippen molar-refractivity contribution in [3.8, 4) is 0 Å². The molecule has 1 amide bonds. The number of rotatable bonds is 6. The Bertz CT molecular complexity index is 1050. The summed E-state index contributed by atoms with van der Waals surface area (Å²) in [6.45, 7) is 0.480. The molecule has 1 heterocycles. The van der Waals surface area contributed by atoms with E-state index in [0.717, 1.165) is 0 Å². The van der Waals surface area contributed by atoms with E-state index in [0.29, 0.717) is 39.7 Å². The molecule has 2 aromatic carbocycles. The molecule has 3 rings (SSSR count). The van der Waals surface area contributed by atoms with Crippen molar-refractivity contribution in [1.29, 1.82) is 0 Å². The minimum Gasteiger partial charge on any atom is -0.465 e. The number of benzene rings is 2. The van der Waals surface area contributed by atoms with Gasteiger partial charge in [-0.3, -0.25) is 4.79 Å². The first kappa shape index (κ1) is 23.5. The summed E-state index contributed by atoms with van der Waals surface area (Å²) in [5.41, 5.74) is 1.32. The maximum absolute atomic E-state index is 12.8. The van der Waals surface area contributed by atoms with Gasteiger partial charge in [-0.15, -0.1) is 0 Å². The highest BCUT2D eigenvalue weighted by Crippen LogP contribution is 2.29. The Balaban J connectivity index is 1.57. The summed E-state index contributed by atoms with van der Waals surface area (Å²) in [6.07, 6.45) is 0.809. The number of hydrogen-bond donors (Lipinski definition) is 1. The molecule has 0 saturated carbocycles. The lowest BCUT2D eigenvalue weighted by Crippen LogP contribution is -2.42. The molecule has 0 unspecified atom stereocenters. The van der Waals surface area contributed by atoms with E-state index >= 15 is 0 Å². The summed E-state index contributed by atoms with van der Waals surface area (Å²) in [5, 5.41) is 3.43. The highest BCUT2D eigenvalue weighted by Gasteiger charge is 2.32. The van der Waals surface area contributed by atoms with Gasteiger partial charge >= 0.3 is 5.97 Å². The SMILES string of the molecule is COC(=O)c1ccc(NC(=O)C2CCN(S(=O)(=O)Cc3c(Cl)cccc3Cl)CC2)cc1. The number of carbonyl (C=O) groups excluding carboxylic acids is 2. The minimum absolute atomic E-state index is 0.183. The standard InChI is InChI=1S/C21H22Cl2N2O5S/c1-30-21(27)15-5-7-16(8-6-15)24-20(26)14-9-11-25(12-10-14)31(28,29)13-17-18(22)3-2-4-19(17)23/h2-8,14H,9-13H2,1H3,(H,24,26). The average molecular weight is 485 g/mol. The number of nitrogens with one attached hydrogen (secondary N) is 1. The minimum atomic E-state index is -3.62. The number of carbonyl (C=O) groups is 2. The van der Waals surface area contributed by atoms with Gasteiger partial charge in [0.25, 0.3) is 0 Å². The van der Waals surface area contributed by atoms with Gasteiger partial charge in [0.15, 0.2) is 0 Å². The van der Waals surface area contributed by atoms with Crippen LogP contribution in [0.5, 0.6) is 0 Å². The second-order valence-corrected chi connectivity index (χ2v) is 9.97. The summed E-state index contributed by atoms with van der Waals surface area (Å²) in [4.78, 5) is 24.1. The van der Waals surface area contributed by atoms with Gasteiger partial charge in [0.05, 0.1) is 18.4 Å². The second kappa shape index (κ2) is 9.99. The van der Waals surface area contributed by atoms with Crippen molar-refractivity contribution >= 4 is 50.8 Å². The molecule has 0 aromatic heterocycles. The van der Waals surface area contributed by atoms with Crippen molar-refractivity contribution in [2.24, 2.45) is 5.92 Å². The molecular formula is C21H22Cl2N2O5S. The number of piperidine rings is 1. The van der Waals surface area contributed by atoms with Gasteiger partial charge in [0, 0.05) is 40.3 Å². The number of esters is 1. The molecule has 0 spiro atoms. The molecule has 1 N–H and O–H groups in total. The van der Waals surface area contributed by atoms with E-state index in [1.165, 1.54) is 11.4 Å². The van der Waals surface area contributed by atoms with Crippen LogP contribution in [-0.4, -0.2) is 44.8 Å². The van der Waals surface area contributed by atoms with E-state index in [-0.39, 0.29) is 30.7 Å². The van der Waals surface area contributed by atoms with Crippen molar-refractivity contribution < 1.29 is 22.7 Å². The highest BCUT2D eigenvalue weighted by atomic mass is 35.5. The molecule has 166 valence electrons. The van der Waals surface area contributed by atoms with E-state index in [1.54, 1.807) is 42.5 Å². The third-order valence-corrected chi connectivity index (χ3v) is 7.69.